The third-order valence-corrected chi connectivity index (χ3v) is 4.57. The summed E-state index contributed by atoms with van der Waals surface area (Å²) < 4.78 is 42.1. The lowest BCUT2D eigenvalue weighted by atomic mass is 10.0. The third kappa shape index (κ3) is 6.60. The van der Waals surface area contributed by atoms with Gasteiger partial charge in [-0.15, -0.1) is 0 Å². The van der Waals surface area contributed by atoms with Crippen molar-refractivity contribution in [2.45, 2.75) is 58.8 Å². The molecule has 2 aromatic rings. The summed E-state index contributed by atoms with van der Waals surface area (Å²) in [5.41, 5.74) is 2.13. The number of halogens is 3. The summed E-state index contributed by atoms with van der Waals surface area (Å²) in [6.45, 7) is 4.08. The first-order valence-electron chi connectivity index (χ1n) is 10.00. The molecule has 2 rings (SSSR count). The molecule has 0 N–H and O–H groups in total. The number of hydrogen-bond acceptors (Lipinski definition) is 0. The predicted molar refractivity (Wildman–Crippen MR) is 111 cm³/mol. The molecule has 0 nitrogen and oxygen atoms in total. The second-order valence-electron chi connectivity index (χ2n) is 6.92. The van der Waals surface area contributed by atoms with Gasteiger partial charge in [0.2, 0.25) is 0 Å². The van der Waals surface area contributed by atoms with Crippen molar-refractivity contribution >= 4 is 5.83 Å². The highest BCUT2D eigenvalue weighted by Crippen LogP contribution is 2.26. The molecule has 0 atom stereocenters. The molecule has 0 aliphatic carbocycles. The van der Waals surface area contributed by atoms with Crippen molar-refractivity contribution in [1.82, 2.24) is 0 Å². The summed E-state index contributed by atoms with van der Waals surface area (Å²) in [7, 11) is 0. The molecule has 3 heteroatoms. The second-order valence-corrected chi connectivity index (χ2v) is 6.92. The van der Waals surface area contributed by atoms with Gasteiger partial charge in [0, 0.05) is 17.5 Å². The van der Waals surface area contributed by atoms with Crippen LogP contribution in [0, 0.1) is 17.7 Å². The van der Waals surface area contributed by atoms with Crippen molar-refractivity contribution < 1.29 is 13.2 Å². The maximum absolute atomic E-state index is 14.3. The number of allylic oxidation sites excluding steroid dienone is 1. The Morgan fingerprint density at radius 1 is 0.857 bits per heavy atom. The van der Waals surface area contributed by atoms with Crippen LogP contribution in [0.15, 0.2) is 48.3 Å². The number of aryl methyl sites for hydroxylation is 1. The van der Waals surface area contributed by atoms with E-state index in [9.17, 15) is 13.2 Å². The second kappa shape index (κ2) is 11.4. The first-order valence-corrected chi connectivity index (χ1v) is 10.00. The normalized spacial score (nSPS) is 11.6. The maximum atomic E-state index is 14.3. The zero-order valence-corrected chi connectivity index (χ0v) is 16.6. The molecule has 148 valence electrons. The molecule has 0 saturated carbocycles. The zero-order chi connectivity index (χ0) is 20.4. The topological polar surface area (TPSA) is 0 Å². The van der Waals surface area contributed by atoms with Crippen LogP contribution in [0.2, 0.25) is 0 Å². The first kappa shape index (κ1) is 21.8. The van der Waals surface area contributed by atoms with E-state index in [0.29, 0.717) is 6.42 Å². The number of rotatable bonds is 8. The summed E-state index contributed by atoms with van der Waals surface area (Å²) in [5.74, 6) is 3.22. The fourth-order valence-electron chi connectivity index (χ4n) is 2.82. The van der Waals surface area contributed by atoms with Gasteiger partial charge in [-0.05, 0) is 49.1 Å². The fourth-order valence-corrected chi connectivity index (χ4v) is 2.82. The standard InChI is InChI=1S/C25H27F3/c1-3-5-7-8-19-10-12-20(13-11-19)14-15-21-16-17-22(18-24(21)27)25(28)23(26)9-6-4-2/h10-13,16-18H,3-9H2,1-2H3/b25-23-. The Labute approximate surface area is 166 Å². The monoisotopic (exact) mass is 384 g/mol. The van der Waals surface area contributed by atoms with Crippen molar-refractivity contribution in [3.63, 3.8) is 0 Å². The van der Waals surface area contributed by atoms with E-state index < -0.39 is 17.5 Å². The Kier molecular flexibility index (Phi) is 8.88. The van der Waals surface area contributed by atoms with Gasteiger partial charge in [-0.3, -0.25) is 0 Å². The van der Waals surface area contributed by atoms with Gasteiger partial charge in [0.05, 0.1) is 5.56 Å². The van der Waals surface area contributed by atoms with Gasteiger partial charge in [0.1, 0.15) is 11.6 Å². The van der Waals surface area contributed by atoms with E-state index in [2.05, 4.69) is 18.8 Å². The minimum Gasteiger partial charge on any atom is -0.209 e. The summed E-state index contributed by atoms with van der Waals surface area (Å²) in [6, 6.07) is 11.7. The molecule has 0 spiro atoms. The van der Waals surface area contributed by atoms with Crippen molar-refractivity contribution in [3.05, 3.63) is 76.4 Å². The average molecular weight is 384 g/mol. The quantitative estimate of drug-likeness (QED) is 0.322. The zero-order valence-electron chi connectivity index (χ0n) is 16.6. The molecule has 0 bridgehead atoms. The van der Waals surface area contributed by atoms with E-state index >= 15 is 0 Å². The van der Waals surface area contributed by atoms with Gasteiger partial charge in [-0.2, -0.15) is 0 Å². The minimum absolute atomic E-state index is 0.0277. The Morgan fingerprint density at radius 3 is 2.21 bits per heavy atom. The van der Waals surface area contributed by atoms with Crippen LogP contribution in [0.5, 0.6) is 0 Å². The van der Waals surface area contributed by atoms with Crippen LogP contribution in [0.1, 0.15) is 74.6 Å². The Morgan fingerprint density at radius 2 is 1.57 bits per heavy atom. The van der Waals surface area contributed by atoms with Crippen molar-refractivity contribution in [2.75, 3.05) is 0 Å². The van der Waals surface area contributed by atoms with Gasteiger partial charge in [0.25, 0.3) is 0 Å². The van der Waals surface area contributed by atoms with Gasteiger partial charge in [-0.25, -0.2) is 13.2 Å². The van der Waals surface area contributed by atoms with E-state index in [0.717, 1.165) is 24.5 Å². The van der Waals surface area contributed by atoms with Gasteiger partial charge < -0.3 is 0 Å². The van der Waals surface area contributed by atoms with E-state index in [4.69, 9.17) is 0 Å². The molecular formula is C25H27F3. The van der Waals surface area contributed by atoms with Crippen LogP contribution in [0.3, 0.4) is 0 Å². The first-order chi connectivity index (χ1) is 13.5. The number of unbranched alkanes of at least 4 members (excludes halogenated alkanes) is 3. The van der Waals surface area contributed by atoms with Crippen molar-refractivity contribution in [1.29, 1.82) is 0 Å². The highest BCUT2D eigenvalue weighted by molar-refractivity contribution is 5.62. The molecule has 0 radical (unpaired) electrons. The predicted octanol–water partition coefficient (Wildman–Crippen LogP) is 7.76. The summed E-state index contributed by atoms with van der Waals surface area (Å²) in [6.07, 6.45) is 5.98. The van der Waals surface area contributed by atoms with Crippen LogP contribution in [-0.4, -0.2) is 0 Å². The molecular weight excluding hydrogens is 357 g/mol. The Hall–Kier alpha value is -2.47. The molecule has 0 aliphatic rings. The molecule has 0 aromatic heterocycles. The lowest BCUT2D eigenvalue weighted by Gasteiger charge is -2.03. The van der Waals surface area contributed by atoms with Crippen LogP contribution in [-0.2, 0) is 6.42 Å². The van der Waals surface area contributed by atoms with E-state index in [-0.39, 0.29) is 17.5 Å². The lowest BCUT2D eigenvalue weighted by molar-refractivity contribution is 0.548. The Balaban J connectivity index is 2.10. The fraction of sp³-hybridized carbons (Fsp3) is 0.360. The minimum atomic E-state index is -0.995. The third-order valence-electron chi connectivity index (χ3n) is 4.57. The molecule has 2 aromatic carbocycles. The van der Waals surface area contributed by atoms with E-state index in [1.165, 1.54) is 37.0 Å². The summed E-state index contributed by atoms with van der Waals surface area (Å²) in [5, 5.41) is 0. The lowest BCUT2D eigenvalue weighted by Crippen LogP contribution is -1.90. The van der Waals surface area contributed by atoms with Crippen LogP contribution in [0.4, 0.5) is 13.2 Å². The molecule has 0 unspecified atom stereocenters. The number of hydrogen-bond donors (Lipinski definition) is 0. The molecule has 0 fully saturated rings. The molecule has 0 aliphatic heterocycles. The molecule has 0 heterocycles. The van der Waals surface area contributed by atoms with Crippen LogP contribution in [0.25, 0.3) is 5.83 Å². The summed E-state index contributed by atoms with van der Waals surface area (Å²) in [4.78, 5) is 0. The van der Waals surface area contributed by atoms with Crippen molar-refractivity contribution in [2.24, 2.45) is 0 Å². The van der Waals surface area contributed by atoms with Gasteiger partial charge in [-0.1, -0.05) is 63.1 Å². The van der Waals surface area contributed by atoms with Gasteiger partial charge in [0.15, 0.2) is 5.83 Å². The van der Waals surface area contributed by atoms with Gasteiger partial charge >= 0.3 is 0 Å². The van der Waals surface area contributed by atoms with Crippen LogP contribution >= 0.6 is 0 Å². The summed E-state index contributed by atoms with van der Waals surface area (Å²) >= 11 is 0. The SMILES string of the molecule is CCCCCc1ccc(C#Cc2ccc(/C(F)=C(/F)CCCC)cc2F)cc1. The maximum Gasteiger partial charge on any atom is 0.161 e. The van der Waals surface area contributed by atoms with E-state index in [1.807, 2.05) is 31.2 Å². The van der Waals surface area contributed by atoms with E-state index in [1.54, 1.807) is 0 Å². The smallest absolute Gasteiger partial charge is 0.161 e. The largest absolute Gasteiger partial charge is 0.209 e. The van der Waals surface area contributed by atoms with Crippen molar-refractivity contribution in [3.8, 4) is 11.8 Å². The Bertz CT molecular complexity index is 852. The average Bonchev–Trinajstić information content (AvgIpc) is 2.71. The van der Waals surface area contributed by atoms with Crippen LogP contribution < -0.4 is 0 Å². The molecule has 0 amide bonds. The highest BCUT2D eigenvalue weighted by Gasteiger charge is 2.11. The number of benzene rings is 2. The molecule has 0 saturated heterocycles. The molecule has 28 heavy (non-hydrogen) atoms. The highest BCUT2D eigenvalue weighted by atomic mass is 19.2.